The van der Waals surface area contributed by atoms with Crippen molar-refractivity contribution in [1.82, 2.24) is 4.90 Å². The van der Waals surface area contributed by atoms with Crippen LogP contribution in [0, 0.1) is 11.3 Å². The summed E-state index contributed by atoms with van der Waals surface area (Å²) < 4.78 is 0. The van der Waals surface area contributed by atoms with E-state index < -0.39 is 0 Å². The summed E-state index contributed by atoms with van der Waals surface area (Å²) in [5.74, 6) is -0.397. The fraction of sp³-hybridized carbons (Fsp3) is 0.357. The number of rotatable bonds is 5. The van der Waals surface area contributed by atoms with Crippen molar-refractivity contribution in [3.8, 4) is 6.07 Å². The van der Waals surface area contributed by atoms with Gasteiger partial charge in [0.2, 0.25) is 0 Å². The van der Waals surface area contributed by atoms with Crippen molar-refractivity contribution in [2.45, 2.75) is 25.7 Å². The van der Waals surface area contributed by atoms with Crippen molar-refractivity contribution in [3.63, 3.8) is 0 Å². The molecule has 0 spiro atoms. The first-order chi connectivity index (χ1) is 8.75. The predicted molar refractivity (Wildman–Crippen MR) is 65.9 cm³/mol. The molecule has 0 saturated carbocycles. The van der Waals surface area contributed by atoms with E-state index in [0.29, 0.717) is 24.1 Å². The largest absolute Gasteiger partial charge is 0.274 e. The third-order valence-electron chi connectivity index (χ3n) is 3.05. The van der Waals surface area contributed by atoms with Crippen LogP contribution in [0.15, 0.2) is 24.3 Å². The smallest absolute Gasteiger partial charge is 0.261 e. The van der Waals surface area contributed by atoms with Gasteiger partial charge in [-0.2, -0.15) is 5.26 Å². The van der Waals surface area contributed by atoms with Crippen molar-refractivity contribution in [2.75, 3.05) is 6.54 Å². The number of nitriles is 1. The number of nitrogens with zero attached hydrogens (tertiary/aromatic N) is 2. The molecule has 0 saturated heterocycles. The van der Waals surface area contributed by atoms with Gasteiger partial charge in [-0.05, 0) is 25.0 Å². The van der Waals surface area contributed by atoms with E-state index in [4.69, 9.17) is 5.26 Å². The van der Waals surface area contributed by atoms with E-state index in [-0.39, 0.29) is 11.8 Å². The highest BCUT2D eigenvalue weighted by atomic mass is 16.2. The lowest BCUT2D eigenvalue weighted by Crippen LogP contribution is -2.30. The molecule has 92 valence electrons. The molecule has 2 amide bonds. The fourth-order valence-electron chi connectivity index (χ4n) is 2.09. The van der Waals surface area contributed by atoms with E-state index in [2.05, 4.69) is 6.07 Å². The maximum atomic E-state index is 12.0. The number of hydrogen-bond acceptors (Lipinski definition) is 3. The Morgan fingerprint density at radius 1 is 1.00 bits per heavy atom. The number of carbonyl (C=O) groups excluding carboxylic acids is 2. The van der Waals surface area contributed by atoms with Gasteiger partial charge in [0.1, 0.15) is 0 Å². The lowest BCUT2D eigenvalue weighted by Gasteiger charge is -2.12. The van der Waals surface area contributed by atoms with Crippen LogP contribution in [0.25, 0.3) is 0 Å². The van der Waals surface area contributed by atoms with Crippen molar-refractivity contribution in [1.29, 1.82) is 5.26 Å². The highest BCUT2D eigenvalue weighted by Gasteiger charge is 2.34. The minimum Gasteiger partial charge on any atom is -0.274 e. The first kappa shape index (κ1) is 12.3. The topological polar surface area (TPSA) is 61.2 Å². The van der Waals surface area contributed by atoms with E-state index in [1.54, 1.807) is 24.3 Å². The zero-order valence-corrected chi connectivity index (χ0v) is 10.1. The lowest BCUT2D eigenvalue weighted by molar-refractivity contribution is 0.0651. The first-order valence-corrected chi connectivity index (χ1v) is 6.08. The zero-order chi connectivity index (χ0) is 13.0. The molecule has 4 nitrogen and oxygen atoms in total. The van der Waals surface area contributed by atoms with Crippen LogP contribution in [0.4, 0.5) is 0 Å². The highest BCUT2D eigenvalue weighted by molar-refractivity contribution is 6.21. The van der Waals surface area contributed by atoms with Gasteiger partial charge in [0.25, 0.3) is 11.8 Å². The maximum Gasteiger partial charge on any atom is 0.261 e. The number of amides is 2. The molecule has 0 fully saturated rings. The summed E-state index contributed by atoms with van der Waals surface area (Å²) in [6, 6.07) is 8.98. The van der Waals surface area contributed by atoms with Crippen LogP contribution in [0.2, 0.25) is 0 Å². The molecule has 0 aliphatic carbocycles. The Hall–Kier alpha value is -2.15. The Balaban J connectivity index is 1.95. The normalized spacial score (nSPS) is 13.6. The summed E-state index contributed by atoms with van der Waals surface area (Å²) in [6.07, 6.45) is 2.97. The fourth-order valence-corrected chi connectivity index (χ4v) is 2.09. The molecule has 0 N–H and O–H groups in total. The standard InChI is InChI=1S/C14H14N2O2/c15-9-5-1-2-6-10-16-13(17)11-7-3-4-8-12(11)14(16)18/h3-4,7-8H,1-2,5-6,10H2. The van der Waals surface area contributed by atoms with E-state index in [1.165, 1.54) is 4.90 Å². The molecule has 18 heavy (non-hydrogen) atoms. The van der Waals surface area contributed by atoms with E-state index in [0.717, 1.165) is 19.3 Å². The summed E-state index contributed by atoms with van der Waals surface area (Å²) >= 11 is 0. The number of fused-ring (bicyclic) bond motifs is 1. The SMILES string of the molecule is N#CCCCCCN1C(=O)c2ccccc2C1=O. The van der Waals surface area contributed by atoms with Gasteiger partial charge >= 0.3 is 0 Å². The van der Waals surface area contributed by atoms with E-state index in [9.17, 15) is 9.59 Å². The summed E-state index contributed by atoms with van der Waals surface area (Å²) in [6.45, 7) is 0.442. The van der Waals surface area contributed by atoms with Crippen LogP contribution in [0.1, 0.15) is 46.4 Å². The average molecular weight is 242 g/mol. The number of benzene rings is 1. The molecule has 4 heteroatoms. The minimum absolute atomic E-state index is 0.198. The maximum absolute atomic E-state index is 12.0. The third kappa shape index (κ3) is 2.25. The van der Waals surface area contributed by atoms with Crippen LogP contribution < -0.4 is 0 Å². The number of unbranched alkanes of at least 4 members (excludes halogenated alkanes) is 3. The first-order valence-electron chi connectivity index (χ1n) is 6.08. The van der Waals surface area contributed by atoms with Crippen LogP contribution in [-0.2, 0) is 0 Å². The quantitative estimate of drug-likeness (QED) is 0.588. The lowest BCUT2D eigenvalue weighted by atomic mass is 10.1. The van der Waals surface area contributed by atoms with Gasteiger partial charge in [-0.1, -0.05) is 18.6 Å². The molecule has 0 aromatic heterocycles. The van der Waals surface area contributed by atoms with E-state index >= 15 is 0 Å². The second-order valence-electron chi connectivity index (χ2n) is 4.28. The van der Waals surface area contributed by atoms with Crippen LogP contribution >= 0.6 is 0 Å². The predicted octanol–water partition coefficient (Wildman–Crippen LogP) is 2.37. The van der Waals surface area contributed by atoms with Gasteiger partial charge in [0.15, 0.2) is 0 Å². The van der Waals surface area contributed by atoms with Gasteiger partial charge in [-0.15, -0.1) is 0 Å². The number of hydrogen-bond donors (Lipinski definition) is 0. The summed E-state index contributed by atoms with van der Waals surface area (Å²) in [5.41, 5.74) is 0.999. The zero-order valence-electron chi connectivity index (χ0n) is 10.1. The Kier molecular flexibility index (Phi) is 3.73. The van der Waals surface area contributed by atoms with Gasteiger partial charge in [0, 0.05) is 13.0 Å². The van der Waals surface area contributed by atoms with Crippen LogP contribution in [-0.4, -0.2) is 23.3 Å². The molecule has 0 radical (unpaired) electrons. The Labute approximate surface area is 106 Å². The van der Waals surface area contributed by atoms with E-state index in [1.807, 2.05) is 0 Å². The van der Waals surface area contributed by atoms with Crippen molar-refractivity contribution >= 4 is 11.8 Å². The van der Waals surface area contributed by atoms with Gasteiger partial charge in [-0.3, -0.25) is 14.5 Å². The minimum atomic E-state index is -0.198. The van der Waals surface area contributed by atoms with Gasteiger partial charge in [0.05, 0.1) is 17.2 Å². The molecular weight excluding hydrogens is 228 g/mol. The molecule has 2 rings (SSSR count). The van der Waals surface area contributed by atoms with Crippen molar-refractivity contribution in [3.05, 3.63) is 35.4 Å². The van der Waals surface area contributed by atoms with Gasteiger partial charge in [-0.25, -0.2) is 0 Å². The Bertz CT molecular complexity index is 482. The molecule has 0 unspecified atom stereocenters. The Morgan fingerprint density at radius 3 is 2.17 bits per heavy atom. The molecule has 1 aliphatic rings. The molecule has 1 heterocycles. The summed E-state index contributed by atoms with van der Waals surface area (Å²) in [5, 5.41) is 8.41. The second kappa shape index (κ2) is 5.46. The van der Waals surface area contributed by atoms with Crippen molar-refractivity contribution < 1.29 is 9.59 Å². The molecule has 0 atom stereocenters. The molecule has 0 bridgehead atoms. The van der Waals surface area contributed by atoms with Crippen molar-refractivity contribution in [2.24, 2.45) is 0 Å². The molecular formula is C14H14N2O2. The molecule has 1 aromatic rings. The molecule has 1 aromatic carbocycles. The summed E-state index contributed by atoms with van der Waals surface area (Å²) in [7, 11) is 0. The monoisotopic (exact) mass is 242 g/mol. The van der Waals surface area contributed by atoms with Crippen LogP contribution in [0.5, 0.6) is 0 Å². The number of carbonyl (C=O) groups is 2. The summed E-state index contributed by atoms with van der Waals surface area (Å²) in [4.78, 5) is 25.3. The van der Waals surface area contributed by atoms with Crippen LogP contribution in [0.3, 0.4) is 0 Å². The second-order valence-corrected chi connectivity index (χ2v) is 4.28. The Morgan fingerprint density at radius 2 is 1.61 bits per heavy atom. The average Bonchev–Trinajstić information content (AvgIpc) is 2.64. The number of imide groups is 1. The third-order valence-corrected chi connectivity index (χ3v) is 3.05. The highest BCUT2D eigenvalue weighted by Crippen LogP contribution is 2.22. The van der Waals surface area contributed by atoms with Gasteiger partial charge < -0.3 is 0 Å². The molecule has 1 aliphatic heterocycles.